The summed E-state index contributed by atoms with van der Waals surface area (Å²) in [4.78, 5) is 12.7. The molecule has 1 N–H and O–H groups in total. The van der Waals surface area contributed by atoms with E-state index in [-0.39, 0.29) is 17.7 Å². The van der Waals surface area contributed by atoms with Crippen LogP contribution in [-0.4, -0.2) is 31.7 Å². The molecular formula is C23H30N2O3S. The summed E-state index contributed by atoms with van der Waals surface area (Å²) in [5.41, 5.74) is 4.77. The predicted molar refractivity (Wildman–Crippen MR) is 116 cm³/mol. The fraction of sp³-hybridized carbons (Fsp3) is 0.435. The van der Waals surface area contributed by atoms with E-state index in [4.69, 9.17) is 0 Å². The van der Waals surface area contributed by atoms with Crippen LogP contribution in [0.4, 0.5) is 0 Å². The minimum atomic E-state index is -3.28. The molecule has 1 aliphatic rings. The minimum absolute atomic E-state index is 0.0187. The summed E-state index contributed by atoms with van der Waals surface area (Å²) in [5, 5.41) is 3.09. The van der Waals surface area contributed by atoms with Crippen molar-refractivity contribution in [2.75, 3.05) is 13.1 Å². The molecule has 3 rings (SSSR count). The zero-order valence-electron chi connectivity index (χ0n) is 17.4. The third kappa shape index (κ3) is 5.25. The summed E-state index contributed by atoms with van der Waals surface area (Å²) >= 11 is 0. The van der Waals surface area contributed by atoms with Gasteiger partial charge in [0.15, 0.2) is 0 Å². The van der Waals surface area contributed by atoms with Crippen molar-refractivity contribution in [1.82, 2.24) is 9.62 Å². The Morgan fingerprint density at radius 3 is 2.28 bits per heavy atom. The highest BCUT2D eigenvalue weighted by molar-refractivity contribution is 7.88. The molecule has 1 fully saturated rings. The fourth-order valence-corrected chi connectivity index (χ4v) is 5.28. The standard InChI is InChI=1S/C23H30N2O3S/c1-4-22(21-10-7-17(2)18(3)15-21)24-23(26)20-11-8-19(9-12-20)16-29(27,28)25-13-5-6-14-25/h7-12,15,22H,4-6,13-14,16H2,1-3H3,(H,24,26)/t22-/m0/s1. The number of carbonyl (C=O) groups is 1. The number of rotatable bonds is 7. The quantitative estimate of drug-likeness (QED) is 0.741. The lowest BCUT2D eigenvalue weighted by Gasteiger charge is -2.19. The Balaban J connectivity index is 1.67. The van der Waals surface area contributed by atoms with Crippen LogP contribution < -0.4 is 5.32 Å². The Hall–Kier alpha value is -2.18. The van der Waals surface area contributed by atoms with E-state index in [9.17, 15) is 13.2 Å². The monoisotopic (exact) mass is 414 g/mol. The molecular weight excluding hydrogens is 384 g/mol. The average Bonchev–Trinajstić information content (AvgIpc) is 3.24. The van der Waals surface area contributed by atoms with E-state index in [1.165, 1.54) is 11.1 Å². The summed E-state index contributed by atoms with van der Waals surface area (Å²) < 4.78 is 26.5. The second kappa shape index (κ2) is 9.09. The van der Waals surface area contributed by atoms with Crippen molar-refractivity contribution in [3.05, 3.63) is 70.3 Å². The Morgan fingerprint density at radius 1 is 1.03 bits per heavy atom. The first-order valence-corrected chi connectivity index (χ1v) is 11.9. The van der Waals surface area contributed by atoms with Crippen molar-refractivity contribution < 1.29 is 13.2 Å². The molecule has 5 nitrogen and oxygen atoms in total. The van der Waals surface area contributed by atoms with Crippen molar-refractivity contribution in [2.45, 2.75) is 51.8 Å². The molecule has 0 spiro atoms. The first-order valence-electron chi connectivity index (χ1n) is 10.2. The van der Waals surface area contributed by atoms with Crippen molar-refractivity contribution in [2.24, 2.45) is 0 Å². The maximum atomic E-state index is 12.7. The van der Waals surface area contributed by atoms with Gasteiger partial charge in [0.25, 0.3) is 5.91 Å². The lowest BCUT2D eigenvalue weighted by molar-refractivity contribution is 0.0935. The molecule has 2 aromatic carbocycles. The number of benzene rings is 2. The van der Waals surface area contributed by atoms with Crippen LogP contribution in [0.2, 0.25) is 0 Å². The SMILES string of the molecule is CC[C@H](NC(=O)c1ccc(CS(=O)(=O)N2CCCC2)cc1)c1ccc(C)c(C)c1. The molecule has 1 aliphatic heterocycles. The fourth-order valence-electron chi connectivity index (χ4n) is 3.66. The number of aryl methyl sites for hydroxylation is 2. The van der Waals surface area contributed by atoms with Crippen LogP contribution in [0, 0.1) is 13.8 Å². The van der Waals surface area contributed by atoms with Gasteiger partial charge in [-0.3, -0.25) is 4.79 Å². The molecule has 1 saturated heterocycles. The maximum Gasteiger partial charge on any atom is 0.251 e. The molecule has 1 atom stereocenters. The normalized spacial score (nSPS) is 16.0. The molecule has 156 valence electrons. The highest BCUT2D eigenvalue weighted by atomic mass is 32.2. The van der Waals surface area contributed by atoms with Crippen LogP contribution >= 0.6 is 0 Å². The summed E-state index contributed by atoms with van der Waals surface area (Å²) in [6.45, 7) is 7.41. The van der Waals surface area contributed by atoms with Crippen molar-refractivity contribution >= 4 is 15.9 Å². The lowest BCUT2D eigenvalue weighted by atomic mass is 9.99. The van der Waals surface area contributed by atoms with Crippen molar-refractivity contribution in [3.63, 3.8) is 0 Å². The van der Waals surface area contributed by atoms with Gasteiger partial charge in [0.1, 0.15) is 0 Å². The van der Waals surface area contributed by atoms with Crippen LogP contribution in [0.3, 0.4) is 0 Å². The van der Waals surface area contributed by atoms with Gasteiger partial charge in [-0.1, -0.05) is 37.3 Å². The Morgan fingerprint density at radius 2 is 1.69 bits per heavy atom. The number of hydrogen-bond donors (Lipinski definition) is 1. The first-order chi connectivity index (χ1) is 13.8. The lowest BCUT2D eigenvalue weighted by Crippen LogP contribution is -2.29. The molecule has 2 aromatic rings. The van der Waals surface area contributed by atoms with Gasteiger partial charge in [0, 0.05) is 18.7 Å². The number of nitrogens with zero attached hydrogens (tertiary/aromatic N) is 1. The maximum absolute atomic E-state index is 12.7. The smallest absolute Gasteiger partial charge is 0.251 e. The zero-order valence-corrected chi connectivity index (χ0v) is 18.3. The topological polar surface area (TPSA) is 66.5 Å². The largest absolute Gasteiger partial charge is 0.345 e. The van der Waals surface area contributed by atoms with E-state index >= 15 is 0 Å². The number of carbonyl (C=O) groups excluding carboxylic acids is 1. The molecule has 0 saturated carbocycles. The number of hydrogen-bond acceptors (Lipinski definition) is 3. The summed E-state index contributed by atoms with van der Waals surface area (Å²) in [6.07, 6.45) is 2.65. The van der Waals surface area contributed by atoms with E-state index in [0.717, 1.165) is 24.8 Å². The van der Waals surface area contributed by atoms with Crippen LogP contribution in [-0.2, 0) is 15.8 Å². The Kier molecular flexibility index (Phi) is 6.75. The van der Waals surface area contributed by atoms with Gasteiger partial charge in [0.05, 0.1) is 11.8 Å². The highest BCUT2D eigenvalue weighted by Crippen LogP contribution is 2.21. The third-order valence-electron chi connectivity index (χ3n) is 5.67. The van der Waals surface area contributed by atoms with Crippen LogP contribution in [0.1, 0.15) is 64.8 Å². The molecule has 1 heterocycles. The second-order valence-electron chi connectivity index (χ2n) is 7.84. The summed E-state index contributed by atoms with van der Waals surface area (Å²) in [6, 6.07) is 13.1. The average molecular weight is 415 g/mol. The molecule has 6 heteroatoms. The highest BCUT2D eigenvalue weighted by Gasteiger charge is 2.25. The van der Waals surface area contributed by atoms with Gasteiger partial charge in [-0.25, -0.2) is 12.7 Å². The second-order valence-corrected chi connectivity index (χ2v) is 9.81. The van der Waals surface area contributed by atoms with Gasteiger partial charge < -0.3 is 5.32 Å². The molecule has 0 radical (unpaired) electrons. The number of amides is 1. The van der Waals surface area contributed by atoms with E-state index in [0.29, 0.717) is 24.2 Å². The van der Waals surface area contributed by atoms with Gasteiger partial charge in [0.2, 0.25) is 10.0 Å². The molecule has 29 heavy (non-hydrogen) atoms. The number of sulfonamides is 1. The zero-order chi connectivity index (χ0) is 21.0. The van der Waals surface area contributed by atoms with Crippen molar-refractivity contribution in [3.8, 4) is 0 Å². The van der Waals surface area contributed by atoms with Crippen LogP contribution in [0.5, 0.6) is 0 Å². The Bertz CT molecular complexity index is 962. The van der Waals surface area contributed by atoms with Gasteiger partial charge in [-0.05, 0) is 67.5 Å². The van der Waals surface area contributed by atoms with Gasteiger partial charge in [-0.2, -0.15) is 0 Å². The predicted octanol–water partition coefficient (Wildman–Crippen LogP) is 4.11. The molecule has 1 amide bonds. The summed E-state index contributed by atoms with van der Waals surface area (Å²) in [7, 11) is -3.28. The first kappa shape index (κ1) is 21.5. The Labute approximate surface area is 174 Å². The minimum Gasteiger partial charge on any atom is -0.345 e. The third-order valence-corrected chi connectivity index (χ3v) is 7.52. The molecule has 0 aromatic heterocycles. The molecule has 0 aliphatic carbocycles. The van der Waals surface area contributed by atoms with E-state index in [2.05, 4.69) is 37.4 Å². The molecule has 0 unspecified atom stereocenters. The van der Waals surface area contributed by atoms with Gasteiger partial charge in [-0.15, -0.1) is 0 Å². The summed E-state index contributed by atoms with van der Waals surface area (Å²) in [5.74, 6) is -0.168. The van der Waals surface area contributed by atoms with Crippen molar-refractivity contribution in [1.29, 1.82) is 0 Å². The van der Waals surface area contributed by atoms with Crippen LogP contribution in [0.25, 0.3) is 0 Å². The van der Waals surface area contributed by atoms with E-state index in [1.54, 1.807) is 28.6 Å². The van der Waals surface area contributed by atoms with E-state index < -0.39 is 10.0 Å². The van der Waals surface area contributed by atoms with E-state index in [1.807, 2.05) is 6.92 Å². The molecule has 0 bridgehead atoms. The van der Waals surface area contributed by atoms with Crippen LogP contribution in [0.15, 0.2) is 42.5 Å². The van der Waals surface area contributed by atoms with Gasteiger partial charge >= 0.3 is 0 Å². The number of nitrogens with one attached hydrogen (secondary N) is 1.